The van der Waals surface area contributed by atoms with E-state index in [1.165, 1.54) is 0 Å². The Kier molecular flexibility index (Phi) is 9.95. The zero-order valence-electron chi connectivity index (χ0n) is 24.2. The minimum Gasteiger partial charge on any atom is -0.493 e. The van der Waals surface area contributed by atoms with Crippen LogP contribution < -0.4 is 10.5 Å². The molecule has 10 heteroatoms. The molecule has 224 valence electrons. The molecular formula is C33H34N2O8. The number of benzene rings is 3. The first-order valence-electron chi connectivity index (χ1n) is 13.9. The van der Waals surface area contributed by atoms with Crippen molar-refractivity contribution in [1.29, 1.82) is 0 Å². The van der Waals surface area contributed by atoms with Crippen molar-refractivity contribution in [1.82, 2.24) is 4.98 Å². The number of aryl methyl sites for hydroxylation is 2. The molecule has 0 bridgehead atoms. The Labute approximate surface area is 249 Å². The maximum atomic E-state index is 12.5. The Morgan fingerprint density at radius 2 is 1.53 bits per heavy atom. The standard InChI is InChI=1S/C33H34N2O8/c1-19(2)42-33(40)30(34)27-18-26(14-12-23(27)13-15-29(36)37)41-17-16-28-20(3)43-31(35-28)24-8-4-21(5-9-24)22-6-10-25(11-7-22)32(38)39/h4-12,14,18-19,30H,13,15-17,34H2,1-3H3,(H,36,37)(H,38,39). The average Bonchev–Trinajstić information content (AvgIpc) is 3.35. The number of nitrogens with zero attached hydrogens (tertiary/aromatic N) is 1. The van der Waals surface area contributed by atoms with E-state index >= 15 is 0 Å². The summed E-state index contributed by atoms with van der Waals surface area (Å²) >= 11 is 0. The Morgan fingerprint density at radius 3 is 2.14 bits per heavy atom. The van der Waals surface area contributed by atoms with E-state index in [-0.39, 0.29) is 31.1 Å². The van der Waals surface area contributed by atoms with Gasteiger partial charge in [0.1, 0.15) is 17.6 Å². The van der Waals surface area contributed by atoms with Crippen LogP contribution in [0.5, 0.6) is 5.75 Å². The van der Waals surface area contributed by atoms with Gasteiger partial charge in [-0.2, -0.15) is 0 Å². The third-order valence-electron chi connectivity index (χ3n) is 6.76. The van der Waals surface area contributed by atoms with E-state index in [0.717, 1.165) is 22.4 Å². The quantitative estimate of drug-likeness (QED) is 0.168. The maximum absolute atomic E-state index is 12.5. The van der Waals surface area contributed by atoms with Crippen molar-refractivity contribution in [3.63, 3.8) is 0 Å². The van der Waals surface area contributed by atoms with Crippen molar-refractivity contribution in [2.24, 2.45) is 5.73 Å². The van der Waals surface area contributed by atoms with Crippen LogP contribution in [0.1, 0.15) is 59.2 Å². The van der Waals surface area contributed by atoms with E-state index in [1.54, 1.807) is 56.3 Å². The second-order valence-corrected chi connectivity index (χ2v) is 10.3. The van der Waals surface area contributed by atoms with Crippen molar-refractivity contribution < 1.29 is 38.5 Å². The summed E-state index contributed by atoms with van der Waals surface area (Å²) in [6.45, 7) is 5.56. The molecule has 0 saturated heterocycles. The van der Waals surface area contributed by atoms with Crippen molar-refractivity contribution in [3.8, 4) is 28.3 Å². The number of aromatic nitrogens is 1. The molecule has 0 fully saturated rings. The second kappa shape index (κ2) is 13.8. The highest BCUT2D eigenvalue weighted by atomic mass is 16.5. The molecule has 0 saturated carbocycles. The minimum atomic E-state index is -1.08. The zero-order valence-corrected chi connectivity index (χ0v) is 24.2. The maximum Gasteiger partial charge on any atom is 0.335 e. The SMILES string of the molecule is Cc1oc(-c2ccc(-c3ccc(C(=O)O)cc3)cc2)nc1CCOc1ccc(CCC(=O)O)c(C(N)C(=O)OC(C)C)c1. The summed E-state index contributed by atoms with van der Waals surface area (Å²) in [5, 5.41) is 18.2. The molecule has 1 heterocycles. The van der Waals surface area contributed by atoms with Crippen LogP contribution in [0.15, 0.2) is 71.1 Å². The van der Waals surface area contributed by atoms with Crippen LogP contribution in [0.4, 0.5) is 0 Å². The van der Waals surface area contributed by atoms with Crippen molar-refractivity contribution in [2.45, 2.75) is 52.2 Å². The van der Waals surface area contributed by atoms with E-state index in [9.17, 15) is 14.4 Å². The van der Waals surface area contributed by atoms with Gasteiger partial charge in [-0.15, -0.1) is 0 Å². The number of aromatic carboxylic acids is 1. The Bertz CT molecular complexity index is 1590. The van der Waals surface area contributed by atoms with Gasteiger partial charge in [-0.3, -0.25) is 4.79 Å². The summed E-state index contributed by atoms with van der Waals surface area (Å²) in [6.07, 6.45) is 0.231. The number of carbonyl (C=O) groups excluding carboxylic acids is 1. The molecule has 0 aliphatic rings. The van der Waals surface area contributed by atoms with Gasteiger partial charge < -0.3 is 29.8 Å². The predicted molar refractivity (Wildman–Crippen MR) is 159 cm³/mol. The van der Waals surface area contributed by atoms with E-state index in [0.29, 0.717) is 34.9 Å². The fraction of sp³-hybridized carbons (Fsp3) is 0.273. The minimum absolute atomic E-state index is 0.102. The fourth-order valence-corrected chi connectivity index (χ4v) is 4.51. The third-order valence-corrected chi connectivity index (χ3v) is 6.76. The van der Waals surface area contributed by atoms with Gasteiger partial charge in [0.15, 0.2) is 0 Å². The van der Waals surface area contributed by atoms with E-state index in [1.807, 2.05) is 31.2 Å². The van der Waals surface area contributed by atoms with Crippen molar-refractivity contribution >= 4 is 17.9 Å². The summed E-state index contributed by atoms with van der Waals surface area (Å²) in [5.41, 5.74) is 10.9. The number of esters is 1. The summed E-state index contributed by atoms with van der Waals surface area (Å²) in [7, 11) is 0. The molecule has 4 N–H and O–H groups in total. The highest BCUT2D eigenvalue weighted by Gasteiger charge is 2.23. The highest BCUT2D eigenvalue weighted by Crippen LogP contribution is 2.28. The zero-order chi connectivity index (χ0) is 31.1. The Morgan fingerprint density at radius 1 is 0.907 bits per heavy atom. The molecule has 3 aromatic carbocycles. The van der Waals surface area contributed by atoms with Crippen LogP contribution >= 0.6 is 0 Å². The van der Waals surface area contributed by atoms with Crippen molar-refractivity contribution in [3.05, 3.63) is 94.9 Å². The lowest BCUT2D eigenvalue weighted by atomic mass is 9.97. The Hall–Kier alpha value is -4.96. The van der Waals surface area contributed by atoms with Gasteiger partial charge in [-0.1, -0.05) is 30.3 Å². The first-order valence-corrected chi connectivity index (χ1v) is 13.9. The molecule has 43 heavy (non-hydrogen) atoms. The van der Waals surface area contributed by atoms with Gasteiger partial charge in [0.05, 0.1) is 24.0 Å². The smallest absolute Gasteiger partial charge is 0.335 e. The van der Waals surface area contributed by atoms with Gasteiger partial charge in [0.25, 0.3) is 0 Å². The number of hydrogen-bond acceptors (Lipinski definition) is 8. The number of rotatable bonds is 13. The number of carbonyl (C=O) groups is 3. The molecule has 1 atom stereocenters. The summed E-state index contributed by atoms with van der Waals surface area (Å²) in [5.74, 6) is -0.898. The fourth-order valence-electron chi connectivity index (χ4n) is 4.51. The number of ether oxygens (including phenoxy) is 2. The molecule has 0 aliphatic heterocycles. The summed E-state index contributed by atoms with van der Waals surface area (Å²) in [4.78, 5) is 39.4. The number of hydrogen-bond donors (Lipinski definition) is 3. The van der Waals surface area contributed by atoms with Crippen LogP contribution in [0.3, 0.4) is 0 Å². The molecular weight excluding hydrogens is 552 g/mol. The van der Waals surface area contributed by atoms with Gasteiger partial charge in [0, 0.05) is 18.4 Å². The average molecular weight is 587 g/mol. The topological polar surface area (TPSA) is 162 Å². The van der Waals surface area contributed by atoms with Crippen LogP contribution in [-0.4, -0.2) is 45.8 Å². The number of carboxylic acid groups (broad SMARTS) is 2. The van der Waals surface area contributed by atoms with Crippen molar-refractivity contribution in [2.75, 3.05) is 6.61 Å². The molecule has 10 nitrogen and oxygen atoms in total. The number of carboxylic acids is 2. The van der Waals surface area contributed by atoms with E-state index in [2.05, 4.69) is 4.98 Å². The molecule has 0 aliphatic carbocycles. The van der Waals surface area contributed by atoms with Gasteiger partial charge in [0.2, 0.25) is 5.89 Å². The van der Waals surface area contributed by atoms with Gasteiger partial charge in [-0.25, -0.2) is 14.6 Å². The van der Waals surface area contributed by atoms with Crippen LogP contribution in [0.2, 0.25) is 0 Å². The van der Waals surface area contributed by atoms with Gasteiger partial charge >= 0.3 is 17.9 Å². The molecule has 1 aromatic heterocycles. The number of aliphatic carboxylic acids is 1. The van der Waals surface area contributed by atoms with Crippen LogP contribution in [0, 0.1) is 6.92 Å². The first-order chi connectivity index (χ1) is 20.5. The van der Waals surface area contributed by atoms with Crippen LogP contribution in [0.25, 0.3) is 22.6 Å². The van der Waals surface area contributed by atoms with Gasteiger partial charge in [-0.05, 0) is 85.8 Å². The predicted octanol–water partition coefficient (Wildman–Crippen LogP) is 5.61. The van der Waals surface area contributed by atoms with E-state index in [4.69, 9.17) is 29.8 Å². The first kappa shape index (κ1) is 31.0. The molecule has 0 radical (unpaired) electrons. The Balaban J connectivity index is 1.42. The molecule has 4 aromatic rings. The lowest BCUT2D eigenvalue weighted by molar-refractivity contribution is -0.149. The molecule has 1 unspecified atom stereocenters. The summed E-state index contributed by atoms with van der Waals surface area (Å²) in [6, 6.07) is 18.3. The summed E-state index contributed by atoms with van der Waals surface area (Å²) < 4.78 is 17.1. The number of oxazole rings is 1. The lowest BCUT2D eigenvalue weighted by Gasteiger charge is -2.18. The number of nitrogens with two attached hydrogens (primary N) is 1. The molecule has 0 spiro atoms. The second-order valence-electron chi connectivity index (χ2n) is 10.3. The monoisotopic (exact) mass is 586 g/mol. The van der Waals surface area contributed by atoms with E-state index < -0.39 is 23.9 Å². The molecule has 0 amide bonds. The third kappa shape index (κ3) is 8.08. The normalized spacial score (nSPS) is 11.7. The molecule has 4 rings (SSSR count). The largest absolute Gasteiger partial charge is 0.493 e. The highest BCUT2D eigenvalue weighted by molar-refractivity contribution is 5.88. The lowest BCUT2D eigenvalue weighted by Crippen LogP contribution is -2.27. The van der Waals surface area contributed by atoms with Crippen LogP contribution in [-0.2, 0) is 27.2 Å².